The van der Waals surface area contributed by atoms with Gasteiger partial charge in [0.05, 0.1) is 0 Å². The third-order valence-corrected chi connectivity index (χ3v) is 4.07. The average molecular weight is 316 g/mol. The first kappa shape index (κ1) is 15.4. The Morgan fingerprint density at radius 1 is 0.952 bits per heavy atom. The Labute approximate surface area is 120 Å². The second-order valence-corrected chi connectivity index (χ2v) is 5.99. The minimum atomic E-state index is -4.60. The zero-order chi connectivity index (χ0) is 15.8. The summed E-state index contributed by atoms with van der Waals surface area (Å²) in [7, 11) is -4.60. The molecule has 0 N–H and O–H groups in total. The zero-order valence-corrected chi connectivity index (χ0v) is 12.0. The molecule has 0 aliphatic heterocycles. The first-order valence-corrected chi connectivity index (χ1v) is 7.28. The van der Waals surface area contributed by atoms with Gasteiger partial charge in [0.25, 0.3) is 0 Å². The molecule has 2 aromatic carbocycles. The molecule has 0 aromatic heterocycles. The van der Waals surface area contributed by atoms with Crippen molar-refractivity contribution in [1.29, 1.82) is 0 Å². The van der Waals surface area contributed by atoms with Crippen molar-refractivity contribution in [3.8, 4) is 5.75 Å². The minimum Gasteiger partial charge on any atom is -0.379 e. The standard InChI is InChI=1S/C14H11F3O3S/c1-8-3-4-9(2)11(7-8)20-21(18,19)12-6-5-10(15)13(16)14(12)17/h3-7H,1-2H3. The maximum Gasteiger partial charge on any atom is 0.342 e. The third kappa shape index (κ3) is 3.02. The zero-order valence-electron chi connectivity index (χ0n) is 11.2. The molecular formula is C14H11F3O3S. The molecule has 0 bridgehead atoms. The molecule has 0 amide bonds. The van der Waals surface area contributed by atoms with Crippen LogP contribution in [0.3, 0.4) is 0 Å². The summed E-state index contributed by atoms with van der Waals surface area (Å²) in [5, 5.41) is 0. The second-order valence-electron chi connectivity index (χ2n) is 4.48. The van der Waals surface area contributed by atoms with Gasteiger partial charge >= 0.3 is 10.1 Å². The Balaban J connectivity index is 2.49. The first-order chi connectivity index (χ1) is 9.72. The third-order valence-electron chi connectivity index (χ3n) is 2.81. The van der Waals surface area contributed by atoms with Crippen LogP contribution in [-0.4, -0.2) is 8.42 Å². The summed E-state index contributed by atoms with van der Waals surface area (Å²) in [6.07, 6.45) is 0. The fraction of sp³-hybridized carbons (Fsp3) is 0.143. The van der Waals surface area contributed by atoms with E-state index in [0.29, 0.717) is 17.7 Å². The molecule has 0 unspecified atom stereocenters. The highest BCUT2D eigenvalue weighted by Gasteiger charge is 2.26. The van der Waals surface area contributed by atoms with Gasteiger partial charge in [-0.2, -0.15) is 8.42 Å². The lowest BCUT2D eigenvalue weighted by Gasteiger charge is -2.11. The van der Waals surface area contributed by atoms with E-state index in [0.717, 1.165) is 5.56 Å². The maximum absolute atomic E-state index is 13.6. The van der Waals surface area contributed by atoms with Crippen molar-refractivity contribution in [2.24, 2.45) is 0 Å². The summed E-state index contributed by atoms with van der Waals surface area (Å²) in [5.74, 6) is -5.14. The lowest BCUT2D eigenvalue weighted by Crippen LogP contribution is -2.14. The van der Waals surface area contributed by atoms with Crippen LogP contribution in [0.15, 0.2) is 35.2 Å². The molecule has 0 heterocycles. The van der Waals surface area contributed by atoms with Crippen molar-refractivity contribution in [2.45, 2.75) is 18.7 Å². The van der Waals surface area contributed by atoms with Crippen LogP contribution in [0.25, 0.3) is 0 Å². The smallest absolute Gasteiger partial charge is 0.342 e. The summed E-state index contributed by atoms with van der Waals surface area (Å²) in [5.41, 5.74) is 1.24. The van der Waals surface area contributed by atoms with Gasteiger partial charge in [-0.1, -0.05) is 12.1 Å². The molecule has 0 fully saturated rings. The van der Waals surface area contributed by atoms with Crippen LogP contribution >= 0.6 is 0 Å². The van der Waals surface area contributed by atoms with Crippen LogP contribution in [-0.2, 0) is 10.1 Å². The summed E-state index contributed by atoms with van der Waals surface area (Å²) >= 11 is 0. The Bertz CT molecular complexity index is 801. The fourth-order valence-corrected chi connectivity index (χ4v) is 2.71. The predicted molar refractivity (Wildman–Crippen MR) is 70.0 cm³/mol. The van der Waals surface area contributed by atoms with E-state index in [1.807, 2.05) is 0 Å². The molecule has 0 saturated heterocycles. The van der Waals surface area contributed by atoms with Crippen molar-refractivity contribution < 1.29 is 25.8 Å². The number of aryl methyl sites for hydroxylation is 2. The Kier molecular flexibility index (Phi) is 3.95. The Morgan fingerprint density at radius 2 is 1.62 bits per heavy atom. The lowest BCUT2D eigenvalue weighted by molar-refractivity contribution is 0.423. The van der Waals surface area contributed by atoms with Crippen LogP contribution < -0.4 is 4.18 Å². The maximum atomic E-state index is 13.6. The predicted octanol–water partition coefficient (Wildman–Crippen LogP) is 3.49. The van der Waals surface area contributed by atoms with Crippen LogP contribution in [0, 0.1) is 31.3 Å². The number of halogens is 3. The summed E-state index contributed by atoms with van der Waals surface area (Å²) in [4.78, 5) is -1.05. The molecule has 2 rings (SSSR count). The van der Waals surface area contributed by atoms with Gasteiger partial charge in [0.15, 0.2) is 17.5 Å². The molecule has 0 atom stereocenters. The number of hydrogen-bond acceptors (Lipinski definition) is 3. The van der Waals surface area contributed by atoms with Crippen LogP contribution in [0.5, 0.6) is 5.75 Å². The van der Waals surface area contributed by atoms with E-state index in [1.54, 1.807) is 26.0 Å². The van der Waals surface area contributed by atoms with Crippen molar-refractivity contribution in [1.82, 2.24) is 0 Å². The van der Waals surface area contributed by atoms with Gasteiger partial charge in [-0.3, -0.25) is 0 Å². The highest BCUT2D eigenvalue weighted by Crippen LogP contribution is 2.26. The van der Waals surface area contributed by atoms with Gasteiger partial charge in [-0.15, -0.1) is 0 Å². The molecular weight excluding hydrogens is 305 g/mol. The van der Waals surface area contributed by atoms with E-state index < -0.39 is 32.5 Å². The van der Waals surface area contributed by atoms with Crippen LogP contribution in [0.4, 0.5) is 13.2 Å². The molecule has 0 spiro atoms. The first-order valence-electron chi connectivity index (χ1n) is 5.87. The Hall–Kier alpha value is -2.02. The van der Waals surface area contributed by atoms with Crippen molar-refractivity contribution in [3.63, 3.8) is 0 Å². The van der Waals surface area contributed by atoms with Gasteiger partial charge in [0, 0.05) is 0 Å². The molecule has 0 aliphatic carbocycles. The van der Waals surface area contributed by atoms with Gasteiger partial charge in [-0.25, -0.2) is 13.2 Å². The number of benzene rings is 2. The minimum absolute atomic E-state index is 0.000803. The van der Waals surface area contributed by atoms with Crippen LogP contribution in [0.1, 0.15) is 11.1 Å². The monoisotopic (exact) mass is 316 g/mol. The number of rotatable bonds is 3. The average Bonchev–Trinajstić information content (AvgIpc) is 2.39. The topological polar surface area (TPSA) is 43.4 Å². The molecule has 112 valence electrons. The molecule has 0 radical (unpaired) electrons. The van der Waals surface area contributed by atoms with E-state index in [-0.39, 0.29) is 5.75 Å². The molecule has 21 heavy (non-hydrogen) atoms. The van der Waals surface area contributed by atoms with Crippen molar-refractivity contribution >= 4 is 10.1 Å². The van der Waals surface area contributed by atoms with Crippen LogP contribution in [0.2, 0.25) is 0 Å². The van der Waals surface area contributed by atoms with Gasteiger partial charge in [0.1, 0.15) is 10.6 Å². The van der Waals surface area contributed by atoms with E-state index in [9.17, 15) is 21.6 Å². The highest BCUT2D eigenvalue weighted by molar-refractivity contribution is 7.87. The SMILES string of the molecule is Cc1ccc(C)c(OS(=O)(=O)c2ccc(F)c(F)c2F)c1. The summed E-state index contributed by atoms with van der Waals surface area (Å²) in [6.45, 7) is 3.32. The van der Waals surface area contributed by atoms with E-state index in [4.69, 9.17) is 4.18 Å². The van der Waals surface area contributed by atoms with E-state index >= 15 is 0 Å². The Morgan fingerprint density at radius 3 is 2.29 bits per heavy atom. The van der Waals surface area contributed by atoms with E-state index in [1.165, 1.54) is 6.07 Å². The summed E-state index contributed by atoms with van der Waals surface area (Å²) in [6, 6.07) is 5.96. The van der Waals surface area contributed by atoms with Gasteiger partial charge in [-0.05, 0) is 43.2 Å². The number of hydrogen-bond donors (Lipinski definition) is 0. The quantitative estimate of drug-likeness (QED) is 0.643. The van der Waals surface area contributed by atoms with Gasteiger partial charge in [0.2, 0.25) is 0 Å². The largest absolute Gasteiger partial charge is 0.379 e. The molecule has 0 aliphatic rings. The van der Waals surface area contributed by atoms with Gasteiger partial charge < -0.3 is 4.18 Å². The molecule has 2 aromatic rings. The summed E-state index contributed by atoms with van der Waals surface area (Å²) < 4.78 is 68.4. The second kappa shape index (κ2) is 5.40. The lowest BCUT2D eigenvalue weighted by atomic mass is 10.1. The van der Waals surface area contributed by atoms with E-state index in [2.05, 4.69) is 0 Å². The molecule has 0 saturated carbocycles. The van der Waals surface area contributed by atoms with Crippen molar-refractivity contribution in [3.05, 3.63) is 58.9 Å². The highest BCUT2D eigenvalue weighted by atomic mass is 32.2. The fourth-order valence-electron chi connectivity index (χ4n) is 1.66. The molecule has 3 nitrogen and oxygen atoms in total. The molecule has 7 heteroatoms. The normalized spacial score (nSPS) is 11.5. The van der Waals surface area contributed by atoms with Crippen molar-refractivity contribution in [2.75, 3.05) is 0 Å².